The lowest BCUT2D eigenvalue weighted by Gasteiger charge is -2.12. The van der Waals surface area contributed by atoms with E-state index in [9.17, 15) is 0 Å². The number of halogens is 1. The minimum absolute atomic E-state index is 0.221. The van der Waals surface area contributed by atoms with Gasteiger partial charge in [-0.1, -0.05) is 41.1 Å². The largest absolute Gasteiger partial charge is 0.492 e. The van der Waals surface area contributed by atoms with Crippen LogP contribution < -0.4 is 4.74 Å². The Morgan fingerprint density at radius 1 is 1.29 bits per heavy atom. The molecule has 0 aliphatic carbocycles. The molecule has 1 heterocycles. The summed E-state index contributed by atoms with van der Waals surface area (Å²) in [6.07, 6.45) is 1.94. The highest BCUT2D eigenvalue weighted by Gasteiger charge is 2.07. The van der Waals surface area contributed by atoms with Crippen molar-refractivity contribution in [2.24, 2.45) is 0 Å². The molecule has 0 saturated carbocycles. The van der Waals surface area contributed by atoms with E-state index in [0.717, 1.165) is 11.4 Å². The van der Waals surface area contributed by atoms with Gasteiger partial charge in [0.15, 0.2) is 0 Å². The molecule has 0 aliphatic heterocycles. The van der Waals surface area contributed by atoms with E-state index in [1.54, 1.807) is 0 Å². The predicted octanol–water partition coefficient (Wildman–Crippen LogP) is 4.24. The van der Waals surface area contributed by atoms with Gasteiger partial charge in [-0.05, 0) is 43.0 Å². The zero-order valence-corrected chi connectivity index (χ0v) is 14.6. The molecule has 0 amide bonds. The molecule has 0 N–H and O–H groups in total. The molecule has 21 heavy (non-hydrogen) atoms. The van der Waals surface area contributed by atoms with E-state index in [4.69, 9.17) is 4.74 Å². The SMILES string of the molecule is Cc1cc(OCCn2cc(C(C)Br)nn2)ccc1C(C)C. The van der Waals surface area contributed by atoms with Crippen molar-refractivity contribution in [1.82, 2.24) is 15.0 Å². The lowest BCUT2D eigenvalue weighted by Crippen LogP contribution is -2.09. The van der Waals surface area contributed by atoms with E-state index in [0.29, 0.717) is 19.1 Å². The number of aryl methyl sites for hydroxylation is 1. The number of benzene rings is 1. The average Bonchev–Trinajstić information content (AvgIpc) is 2.87. The lowest BCUT2D eigenvalue weighted by molar-refractivity contribution is 0.289. The van der Waals surface area contributed by atoms with Gasteiger partial charge in [-0.15, -0.1) is 5.10 Å². The van der Waals surface area contributed by atoms with Gasteiger partial charge in [0.25, 0.3) is 0 Å². The van der Waals surface area contributed by atoms with Crippen LogP contribution in [0.4, 0.5) is 0 Å². The summed E-state index contributed by atoms with van der Waals surface area (Å²) in [6.45, 7) is 9.84. The second-order valence-electron chi connectivity index (χ2n) is 5.54. The highest BCUT2D eigenvalue weighted by Crippen LogP contribution is 2.23. The summed E-state index contributed by atoms with van der Waals surface area (Å²) >= 11 is 3.48. The van der Waals surface area contributed by atoms with Gasteiger partial charge in [-0.2, -0.15) is 0 Å². The van der Waals surface area contributed by atoms with Gasteiger partial charge >= 0.3 is 0 Å². The quantitative estimate of drug-likeness (QED) is 0.730. The van der Waals surface area contributed by atoms with E-state index in [1.165, 1.54) is 11.1 Å². The molecule has 1 unspecified atom stereocenters. The molecular formula is C16H22BrN3O. The Kier molecular flexibility index (Phi) is 5.39. The molecule has 2 rings (SSSR count). The summed E-state index contributed by atoms with van der Waals surface area (Å²) in [7, 11) is 0. The zero-order valence-electron chi connectivity index (χ0n) is 13.0. The summed E-state index contributed by atoms with van der Waals surface area (Å²) in [5.41, 5.74) is 3.58. The van der Waals surface area contributed by atoms with Gasteiger partial charge in [0.05, 0.1) is 17.1 Å². The first-order valence-electron chi connectivity index (χ1n) is 7.25. The van der Waals surface area contributed by atoms with Crippen LogP contribution in [0.25, 0.3) is 0 Å². The maximum Gasteiger partial charge on any atom is 0.119 e. The highest BCUT2D eigenvalue weighted by atomic mass is 79.9. The molecular weight excluding hydrogens is 330 g/mol. The Morgan fingerprint density at radius 3 is 2.62 bits per heavy atom. The second kappa shape index (κ2) is 7.07. The van der Waals surface area contributed by atoms with Gasteiger partial charge in [0.2, 0.25) is 0 Å². The normalized spacial score (nSPS) is 12.7. The molecule has 0 radical (unpaired) electrons. The van der Waals surface area contributed by atoms with Crippen molar-refractivity contribution in [3.63, 3.8) is 0 Å². The fourth-order valence-corrected chi connectivity index (χ4v) is 2.46. The standard InChI is InChI=1S/C16H22BrN3O/c1-11(2)15-6-5-14(9-12(15)3)21-8-7-20-10-16(13(4)17)18-19-20/h5-6,9-11,13H,7-8H2,1-4H3. The van der Waals surface area contributed by atoms with Gasteiger partial charge < -0.3 is 4.74 Å². The van der Waals surface area contributed by atoms with E-state index in [1.807, 2.05) is 23.9 Å². The summed E-state index contributed by atoms with van der Waals surface area (Å²) in [6, 6.07) is 6.29. The smallest absolute Gasteiger partial charge is 0.119 e. The van der Waals surface area contributed by atoms with Gasteiger partial charge in [-0.25, -0.2) is 4.68 Å². The number of aromatic nitrogens is 3. The zero-order chi connectivity index (χ0) is 15.4. The number of ether oxygens (including phenoxy) is 1. The third-order valence-corrected chi connectivity index (χ3v) is 3.89. The number of hydrogen-bond acceptors (Lipinski definition) is 3. The van der Waals surface area contributed by atoms with Crippen LogP contribution in [0.1, 0.15) is 48.3 Å². The Bertz CT molecular complexity index is 593. The molecule has 114 valence electrons. The Hall–Kier alpha value is -1.36. The maximum absolute atomic E-state index is 5.79. The van der Waals surface area contributed by atoms with Crippen molar-refractivity contribution >= 4 is 15.9 Å². The number of rotatable bonds is 6. The van der Waals surface area contributed by atoms with Crippen LogP contribution >= 0.6 is 15.9 Å². The molecule has 0 bridgehead atoms. The summed E-state index contributed by atoms with van der Waals surface area (Å²) < 4.78 is 7.60. The van der Waals surface area contributed by atoms with Crippen molar-refractivity contribution in [3.05, 3.63) is 41.2 Å². The van der Waals surface area contributed by atoms with E-state index >= 15 is 0 Å². The molecule has 0 spiro atoms. The molecule has 0 aliphatic rings. The molecule has 1 atom stereocenters. The molecule has 0 fully saturated rings. The number of nitrogens with zero attached hydrogens (tertiary/aromatic N) is 3. The van der Waals surface area contributed by atoms with Crippen molar-refractivity contribution in [2.75, 3.05) is 6.61 Å². The van der Waals surface area contributed by atoms with Crippen molar-refractivity contribution < 1.29 is 4.74 Å². The predicted molar refractivity (Wildman–Crippen MR) is 88.1 cm³/mol. The molecule has 0 saturated heterocycles. The van der Waals surface area contributed by atoms with Gasteiger partial charge in [-0.3, -0.25) is 0 Å². The minimum atomic E-state index is 0.221. The Balaban J connectivity index is 1.89. The fourth-order valence-electron chi connectivity index (χ4n) is 2.25. The Morgan fingerprint density at radius 2 is 2.05 bits per heavy atom. The second-order valence-corrected chi connectivity index (χ2v) is 6.92. The molecule has 4 nitrogen and oxygen atoms in total. The Labute approximate surface area is 134 Å². The molecule has 5 heteroatoms. The van der Waals surface area contributed by atoms with E-state index < -0.39 is 0 Å². The van der Waals surface area contributed by atoms with Crippen molar-refractivity contribution in [2.45, 2.75) is 45.0 Å². The first kappa shape index (κ1) is 16.0. The topological polar surface area (TPSA) is 39.9 Å². The third kappa shape index (κ3) is 4.30. The van der Waals surface area contributed by atoms with Crippen LogP contribution in [0.2, 0.25) is 0 Å². The van der Waals surface area contributed by atoms with Crippen LogP contribution in [0.3, 0.4) is 0 Å². The highest BCUT2D eigenvalue weighted by molar-refractivity contribution is 9.09. The minimum Gasteiger partial charge on any atom is -0.492 e. The van der Waals surface area contributed by atoms with E-state index in [2.05, 4.69) is 59.1 Å². The average molecular weight is 352 g/mol. The maximum atomic E-state index is 5.79. The van der Waals surface area contributed by atoms with Crippen LogP contribution in [0.15, 0.2) is 24.4 Å². The van der Waals surface area contributed by atoms with Gasteiger partial charge in [0.1, 0.15) is 12.4 Å². The summed E-state index contributed by atoms with van der Waals surface area (Å²) in [4.78, 5) is 0.221. The monoisotopic (exact) mass is 351 g/mol. The molecule has 2 aromatic rings. The fraction of sp³-hybridized carbons (Fsp3) is 0.500. The summed E-state index contributed by atoms with van der Waals surface area (Å²) in [5.74, 6) is 1.45. The first-order chi connectivity index (χ1) is 9.97. The van der Waals surface area contributed by atoms with Crippen LogP contribution in [0, 0.1) is 6.92 Å². The first-order valence-corrected chi connectivity index (χ1v) is 8.16. The van der Waals surface area contributed by atoms with Crippen LogP contribution in [-0.4, -0.2) is 21.6 Å². The summed E-state index contributed by atoms with van der Waals surface area (Å²) in [5, 5.41) is 8.18. The van der Waals surface area contributed by atoms with Crippen molar-refractivity contribution in [1.29, 1.82) is 0 Å². The van der Waals surface area contributed by atoms with E-state index in [-0.39, 0.29) is 4.83 Å². The molecule has 1 aromatic carbocycles. The van der Waals surface area contributed by atoms with Crippen LogP contribution in [0.5, 0.6) is 5.75 Å². The molecule has 1 aromatic heterocycles. The number of alkyl halides is 1. The van der Waals surface area contributed by atoms with Gasteiger partial charge in [0, 0.05) is 6.20 Å². The number of hydrogen-bond donors (Lipinski definition) is 0. The van der Waals surface area contributed by atoms with Crippen LogP contribution in [-0.2, 0) is 6.54 Å². The van der Waals surface area contributed by atoms with Crippen molar-refractivity contribution in [3.8, 4) is 5.75 Å². The lowest BCUT2D eigenvalue weighted by atomic mass is 9.98. The third-order valence-electron chi connectivity index (χ3n) is 3.42.